The van der Waals surface area contributed by atoms with Crippen LogP contribution in [0.3, 0.4) is 0 Å². The number of para-hydroxylation sites is 2. The lowest BCUT2D eigenvalue weighted by Gasteiger charge is -2.12. The molecule has 4 rings (SSSR count). The van der Waals surface area contributed by atoms with Gasteiger partial charge in [0.25, 0.3) is 5.56 Å². The van der Waals surface area contributed by atoms with E-state index >= 15 is 0 Å². The number of imidazole rings is 2. The molecule has 2 N–H and O–H groups in total. The lowest BCUT2D eigenvalue weighted by atomic mass is 10.3. The summed E-state index contributed by atoms with van der Waals surface area (Å²) in [7, 11) is 1.50. The second-order valence-corrected chi connectivity index (χ2v) is 6.66. The molecular weight excluding hydrogens is 376 g/mol. The monoisotopic (exact) mass is 396 g/mol. The van der Waals surface area contributed by atoms with Gasteiger partial charge in [-0.3, -0.25) is 23.1 Å². The highest BCUT2D eigenvalue weighted by atomic mass is 16.5. The topological polar surface area (TPSA) is 119 Å². The minimum atomic E-state index is -0.774. The molecule has 0 aliphatic rings. The van der Waals surface area contributed by atoms with E-state index < -0.39 is 23.7 Å². The van der Waals surface area contributed by atoms with Crippen LogP contribution in [0, 0.1) is 6.92 Å². The predicted octanol–water partition coefficient (Wildman–Crippen LogP) is 0.331. The summed E-state index contributed by atoms with van der Waals surface area (Å²) in [5.41, 5.74) is 5.93. The predicted molar refractivity (Wildman–Crippen MR) is 107 cm³/mol. The molecule has 150 valence electrons. The van der Waals surface area contributed by atoms with Crippen molar-refractivity contribution in [1.29, 1.82) is 0 Å². The van der Waals surface area contributed by atoms with Crippen molar-refractivity contribution in [3.8, 4) is 11.4 Å². The lowest BCUT2D eigenvalue weighted by molar-refractivity contribution is -0.118. The van der Waals surface area contributed by atoms with Crippen molar-refractivity contribution in [2.45, 2.75) is 20.4 Å². The summed E-state index contributed by atoms with van der Waals surface area (Å²) >= 11 is 0. The van der Waals surface area contributed by atoms with Gasteiger partial charge < -0.3 is 10.5 Å². The van der Waals surface area contributed by atoms with Crippen LogP contribution in [-0.4, -0.2) is 35.6 Å². The molecule has 0 unspecified atom stereocenters. The summed E-state index contributed by atoms with van der Waals surface area (Å²) in [6, 6.07) is 7.50. The van der Waals surface area contributed by atoms with E-state index in [2.05, 4.69) is 4.98 Å². The average molecular weight is 396 g/mol. The smallest absolute Gasteiger partial charge is 0.332 e. The van der Waals surface area contributed by atoms with Crippen molar-refractivity contribution in [3.05, 3.63) is 57.0 Å². The highest BCUT2D eigenvalue weighted by molar-refractivity contribution is 5.78. The Balaban J connectivity index is 2.11. The Kier molecular flexibility index (Phi) is 4.26. The second-order valence-electron chi connectivity index (χ2n) is 6.66. The van der Waals surface area contributed by atoms with Crippen molar-refractivity contribution in [1.82, 2.24) is 23.1 Å². The van der Waals surface area contributed by atoms with Crippen molar-refractivity contribution in [3.63, 3.8) is 0 Å². The Morgan fingerprint density at radius 2 is 1.97 bits per heavy atom. The Hall–Kier alpha value is -3.82. The van der Waals surface area contributed by atoms with E-state index in [1.54, 1.807) is 10.6 Å². The quantitative estimate of drug-likeness (QED) is 0.522. The zero-order valence-electron chi connectivity index (χ0n) is 16.2. The zero-order valence-corrected chi connectivity index (χ0v) is 16.2. The molecule has 10 heteroatoms. The summed E-state index contributed by atoms with van der Waals surface area (Å²) in [6.45, 7) is 3.78. The Morgan fingerprint density at radius 3 is 2.66 bits per heavy atom. The van der Waals surface area contributed by atoms with Gasteiger partial charge in [0.05, 0.1) is 12.3 Å². The Bertz CT molecular complexity index is 1390. The number of ether oxygens (including phenoxy) is 1. The first-order chi connectivity index (χ1) is 13.8. The maximum atomic E-state index is 13.0. The first kappa shape index (κ1) is 18.5. The number of benzene rings is 1. The minimum Gasteiger partial charge on any atom is -0.492 e. The van der Waals surface area contributed by atoms with Gasteiger partial charge in [-0.15, -0.1) is 0 Å². The molecule has 1 amide bonds. The number of nitrogens with zero attached hydrogens (tertiary/aromatic N) is 5. The third kappa shape index (κ3) is 2.72. The number of nitrogens with two attached hydrogens (primary N) is 1. The van der Waals surface area contributed by atoms with E-state index in [0.29, 0.717) is 18.1 Å². The number of fused-ring (bicyclic) bond motifs is 3. The highest BCUT2D eigenvalue weighted by Gasteiger charge is 2.22. The van der Waals surface area contributed by atoms with Crippen molar-refractivity contribution in [2.24, 2.45) is 12.8 Å². The molecule has 0 spiro atoms. The second kappa shape index (κ2) is 6.66. The maximum absolute atomic E-state index is 13.0. The third-order valence-electron chi connectivity index (χ3n) is 4.75. The van der Waals surface area contributed by atoms with Crippen LogP contribution in [-0.2, 0) is 18.4 Å². The number of carbonyl (C=O) groups excluding carboxylic acids is 1. The van der Waals surface area contributed by atoms with Crippen LogP contribution in [0.1, 0.15) is 12.6 Å². The molecule has 10 nitrogen and oxygen atoms in total. The van der Waals surface area contributed by atoms with E-state index in [9.17, 15) is 14.4 Å². The Labute approximate surface area is 164 Å². The highest BCUT2D eigenvalue weighted by Crippen LogP contribution is 2.27. The zero-order chi connectivity index (χ0) is 20.9. The summed E-state index contributed by atoms with van der Waals surface area (Å²) in [5, 5.41) is 0. The normalized spacial score (nSPS) is 11.4. The molecule has 1 aromatic carbocycles. The first-order valence-corrected chi connectivity index (χ1v) is 9.05. The molecule has 0 saturated heterocycles. The van der Waals surface area contributed by atoms with Crippen molar-refractivity contribution < 1.29 is 9.53 Å². The van der Waals surface area contributed by atoms with E-state index in [0.717, 1.165) is 15.9 Å². The van der Waals surface area contributed by atoms with Gasteiger partial charge in [0.1, 0.15) is 12.3 Å². The van der Waals surface area contributed by atoms with Crippen LogP contribution in [0.15, 0.2) is 40.1 Å². The van der Waals surface area contributed by atoms with Crippen molar-refractivity contribution >= 4 is 22.8 Å². The van der Waals surface area contributed by atoms with E-state index in [4.69, 9.17) is 10.5 Å². The SMILES string of the molecule is CCOc1ccccc1-n1c(C)cn2c3c(=O)n(CC(N)=O)c(=O)n(C)c3nc12. The average Bonchev–Trinajstić information content (AvgIpc) is 3.19. The summed E-state index contributed by atoms with van der Waals surface area (Å²) in [5.74, 6) is 0.348. The standard InChI is InChI=1S/C19H20N6O4/c1-4-29-13-8-6-5-7-12(13)25-11(2)9-23-15-16(21-18(23)25)22(3)19(28)24(17(15)27)10-14(20)26/h5-9H,4,10H2,1-3H3,(H2,20,26). The molecule has 0 atom stereocenters. The fraction of sp³-hybridized carbons (Fsp3) is 0.263. The number of aryl methyl sites for hydroxylation is 2. The number of hydrogen-bond acceptors (Lipinski definition) is 5. The molecule has 3 aromatic heterocycles. The fourth-order valence-corrected chi connectivity index (χ4v) is 3.52. The van der Waals surface area contributed by atoms with E-state index in [-0.39, 0.29) is 11.2 Å². The van der Waals surface area contributed by atoms with Crippen LogP contribution in [0.4, 0.5) is 0 Å². The van der Waals surface area contributed by atoms with Gasteiger partial charge in [-0.1, -0.05) is 12.1 Å². The third-order valence-corrected chi connectivity index (χ3v) is 4.75. The first-order valence-electron chi connectivity index (χ1n) is 9.05. The largest absolute Gasteiger partial charge is 0.492 e. The fourth-order valence-electron chi connectivity index (χ4n) is 3.52. The Morgan fingerprint density at radius 1 is 1.24 bits per heavy atom. The minimum absolute atomic E-state index is 0.194. The summed E-state index contributed by atoms with van der Waals surface area (Å²) < 4.78 is 11.3. The number of rotatable bonds is 5. The van der Waals surface area contributed by atoms with Crippen LogP contribution in [0.2, 0.25) is 0 Å². The summed E-state index contributed by atoms with van der Waals surface area (Å²) in [4.78, 5) is 41.4. The molecule has 0 aliphatic heterocycles. The number of carbonyl (C=O) groups is 1. The van der Waals surface area contributed by atoms with Crippen molar-refractivity contribution in [2.75, 3.05) is 6.61 Å². The van der Waals surface area contributed by atoms with Gasteiger partial charge in [-0.25, -0.2) is 9.36 Å². The lowest BCUT2D eigenvalue weighted by Crippen LogP contribution is -2.42. The molecule has 0 aliphatic carbocycles. The number of hydrogen-bond donors (Lipinski definition) is 1. The van der Waals surface area contributed by atoms with Crippen LogP contribution in [0.25, 0.3) is 22.6 Å². The van der Waals surface area contributed by atoms with Crippen LogP contribution in [0.5, 0.6) is 5.75 Å². The molecule has 0 radical (unpaired) electrons. The van der Waals surface area contributed by atoms with Gasteiger partial charge in [0.15, 0.2) is 11.2 Å². The molecule has 3 heterocycles. The van der Waals surface area contributed by atoms with Gasteiger partial charge in [-0.05, 0) is 26.0 Å². The van der Waals surface area contributed by atoms with Crippen LogP contribution >= 0.6 is 0 Å². The molecule has 0 fully saturated rings. The summed E-state index contributed by atoms with van der Waals surface area (Å²) in [6.07, 6.45) is 1.76. The molecule has 0 saturated carbocycles. The molecule has 29 heavy (non-hydrogen) atoms. The maximum Gasteiger partial charge on any atom is 0.332 e. The number of primary amides is 1. The molecular formula is C19H20N6O4. The van der Waals surface area contributed by atoms with E-state index in [1.807, 2.05) is 42.7 Å². The number of aromatic nitrogens is 5. The van der Waals surface area contributed by atoms with Gasteiger partial charge >= 0.3 is 5.69 Å². The van der Waals surface area contributed by atoms with Gasteiger partial charge in [0, 0.05) is 18.9 Å². The van der Waals surface area contributed by atoms with Gasteiger partial charge in [-0.2, -0.15) is 4.98 Å². The van der Waals surface area contributed by atoms with Crippen LogP contribution < -0.4 is 21.7 Å². The molecule has 4 aromatic rings. The number of amides is 1. The molecule has 0 bridgehead atoms. The van der Waals surface area contributed by atoms with Gasteiger partial charge in [0.2, 0.25) is 11.7 Å². The van der Waals surface area contributed by atoms with E-state index in [1.165, 1.54) is 11.6 Å².